The van der Waals surface area contributed by atoms with Gasteiger partial charge in [0.15, 0.2) is 0 Å². The molecule has 0 fully saturated rings. The molecule has 2 unspecified atom stereocenters. The fraction of sp³-hybridized carbons (Fsp3) is 0.300. The molecule has 0 aromatic heterocycles. The molecule has 0 heterocycles. The molecule has 0 spiro atoms. The molecule has 0 saturated heterocycles. The molecule has 0 radical (unpaired) electrons. The lowest BCUT2D eigenvalue weighted by Gasteiger charge is -2.24. The van der Waals surface area contributed by atoms with Gasteiger partial charge in [0.25, 0.3) is 5.91 Å². The zero-order valence-corrected chi connectivity index (χ0v) is 14.7. The van der Waals surface area contributed by atoms with Crippen molar-refractivity contribution in [3.63, 3.8) is 0 Å². The quantitative estimate of drug-likeness (QED) is 0.836. The third kappa shape index (κ3) is 4.89. The van der Waals surface area contributed by atoms with Crippen molar-refractivity contribution in [2.24, 2.45) is 5.92 Å². The first-order chi connectivity index (χ1) is 11.9. The third-order valence-corrected chi connectivity index (χ3v) is 4.20. The highest BCUT2D eigenvalue weighted by Gasteiger charge is 2.27. The van der Waals surface area contributed by atoms with Crippen molar-refractivity contribution in [3.05, 3.63) is 65.5 Å². The van der Waals surface area contributed by atoms with E-state index in [-0.39, 0.29) is 17.5 Å². The first-order valence-electron chi connectivity index (χ1n) is 8.35. The van der Waals surface area contributed by atoms with Crippen LogP contribution in [0.1, 0.15) is 36.2 Å². The van der Waals surface area contributed by atoms with E-state index in [2.05, 4.69) is 10.6 Å². The second kappa shape index (κ2) is 8.42. The summed E-state index contributed by atoms with van der Waals surface area (Å²) in [7, 11) is 0. The lowest BCUT2D eigenvalue weighted by atomic mass is 9.97. The van der Waals surface area contributed by atoms with E-state index in [1.54, 1.807) is 36.4 Å². The fourth-order valence-electron chi connectivity index (χ4n) is 2.46. The summed E-state index contributed by atoms with van der Waals surface area (Å²) in [5, 5.41) is 5.36. The number of anilines is 1. The highest BCUT2D eigenvalue weighted by molar-refractivity contribution is 6.01. The number of benzene rings is 2. The molecule has 0 saturated carbocycles. The molecule has 2 amide bonds. The minimum atomic E-state index is -0.752. The van der Waals surface area contributed by atoms with Gasteiger partial charge in [0, 0.05) is 5.56 Å². The number of rotatable bonds is 6. The Morgan fingerprint density at radius 3 is 2.44 bits per heavy atom. The van der Waals surface area contributed by atoms with Crippen LogP contribution >= 0.6 is 0 Å². The average Bonchev–Trinajstić information content (AvgIpc) is 2.62. The summed E-state index contributed by atoms with van der Waals surface area (Å²) in [5.41, 5.74) is 1.43. The van der Waals surface area contributed by atoms with Crippen LogP contribution in [-0.4, -0.2) is 17.9 Å². The Labute approximate surface area is 147 Å². The molecule has 0 aliphatic carbocycles. The molecule has 2 N–H and O–H groups in total. The molecule has 0 bridgehead atoms. The molecule has 2 aromatic carbocycles. The van der Waals surface area contributed by atoms with Crippen LogP contribution in [0.2, 0.25) is 0 Å². The Morgan fingerprint density at radius 2 is 1.80 bits per heavy atom. The number of hydrogen-bond acceptors (Lipinski definition) is 2. The number of halogens is 1. The van der Waals surface area contributed by atoms with E-state index in [0.29, 0.717) is 12.0 Å². The predicted octanol–water partition coefficient (Wildman–Crippen LogP) is 3.92. The van der Waals surface area contributed by atoms with Gasteiger partial charge in [-0.1, -0.05) is 44.5 Å². The second-order valence-electron chi connectivity index (χ2n) is 6.18. The Hall–Kier alpha value is -2.69. The molecular weight excluding hydrogens is 319 g/mol. The van der Waals surface area contributed by atoms with E-state index in [1.807, 2.05) is 26.8 Å². The number of amides is 2. The second-order valence-corrected chi connectivity index (χ2v) is 6.18. The minimum Gasteiger partial charge on any atom is -0.340 e. The van der Waals surface area contributed by atoms with Crippen molar-refractivity contribution in [3.8, 4) is 0 Å². The van der Waals surface area contributed by atoms with Crippen LogP contribution in [0.4, 0.5) is 10.1 Å². The van der Waals surface area contributed by atoms with Gasteiger partial charge >= 0.3 is 0 Å². The zero-order valence-electron chi connectivity index (χ0n) is 14.7. The number of carbonyl (C=O) groups excluding carboxylic acids is 2. The van der Waals surface area contributed by atoms with E-state index in [9.17, 15) is 14.0 Å². The SMILES string of the molecule is CCC(C)C(NC(=O)c1ccccc1)C(=O)Nc1cc(C)ccc1F. The topological polar surface area (TPSA) is 58.2 Å². The van der Waals surface area contributed by atoms with Gasteiger partial charge in [-0.05, 0) is 42.7 Å². The summed E-state index contributed by atoms with van der Waals surface area (Å²) in [6, 6.07) is 12.5. The molecule has 4 nitrogen and oxygen atoms in total. The van der Waals surface area contributed by atoms with Crippen LogP contribution in [0.3, 0.4) is 0 Å². The maximum atomic E-state index is 13.9. The Morgan fingerprint density at radius 1 is 1.12 bits per heavy atom. The smallest absolute Gasteiger partial charge is 0.251 e. The number of nitrogens with one attached hydrogen (secondary N) is 2. The number of carbonyl (C=O) groups is 2. The van der Waals surface area contributed by atoms with Crippen molar-refractivity contribution in [2.45, 2.75) is 33.2 Å². The van der Waals surface area contributed by atoms with Crippen molar-refractivity contribution in [1.82, 2.24) is 5.32 Å². The molecular formula is C20H23FN2O2. The predicted molar refractivity (Wildman–Crippen MR) is 96.9 cm³/mol. The van der Waals surface area contributed by atoms with Gasteiger partial charge in [-0.2, -0.15) is 0 Å². The Bertz CT molecular complexity index is 747. The van der Waals surface area contributed by atoms with Gasteiger partial charge in [-0.15, -0.1) is 0 Å². The standard InChI is InChI=1S/C20H23FN2O2/c1-4-14(3)18(23-19(24)15-8-6-5-7-9-15)20(25)22-17-12-13(2)10-11-16(17)21/h5-12,14,18H,4H2,1-3H3,(H,22,25)(H,23,24). The summed E-state index contributed by atoms with van der Waals surface area (Å²) in [5.74, 6) is -1.36. The third-order valence-electron chi connectivity index (χ3n) is 4.20. The largest absolute Gasteiger partial charge is 0.340 e. The first-order valence-corrected chi connectivity index (χ1v) is 8.35. The van der Waals surface area contributed by atoms with E-state index in [0.717, 1.165) is 5.56 Å². The average molecular weight is 342 g/mol. The number of hydrogen-bond donors (Lipinski definition) is 2. The zero-order chi connectivity index (χ0) is 18.4. The fourth-order valence-corrected chi connectivity index (χ4v) is 2.46. The van der Waals surface area contributed by atoms with Crippen LogP contribution in [0.15, 0.2) is 48.5 Å². The number of aryl methyl sites for hydroxylation is 1. The van der Waals surface area contributed by atoms with Crippen molar-refractivity contribution >= 4 is 17.5 Å². The van der Waals surface area contributed by atoms with Crippen LogP contribution in [-0.2, 0) is 4.79 Å². The maximum Gasteiger partial charge on any atom is 0.251 e. The van der Waals surface area contributed by atoms with Gasteiger partial charge in [0.05, 0.1) is 5.69 Å². The summed E-state index contributed by atoms with van der Waals surface area (Å²) < 4.78 is 13.9. The highest BCUT2D eigenvalue weighted by atomic mass is 19.1. The summed E-state index contributed by atoms with van der Waals surface area (Å²) in [6.07, 6.45) is 0.698. The van der Waals surface area contributed by atoms with Gasteiger partial charge in [-0.25, -0.2) is 4.39 Å². The van der Waals surface area contributed by atoms with Crippen molar-refractivity contribution in [2.75, 3.05) is 5.32 Å². The molecule has 25 heavy (non-hydrogen) atoms. The molecule has 0 aliphatic rings. The first kappa shape index (κ1) is 18.6. The molecule has 0 aliphatic heterocycles. The molecule has 2 aromatic rings. The lowest BCUT2D eigenvalue weighted by Crippen LogP contribution is -2.47. The van der Waals surface area contributed by atoms with Crippen LogP contribution < -0.4 is 10.6 Å². The minimum absolute atomic E-state index is 0.0967. The van der Waals surface area contributed by atoms with Gasteiger partial charge in [0.1, 0.15) is 11.9 Å². The molecule has 2 rings (SSSR count). The van der Waals surface area contributed by atoms with Gasteiger partial charge < -0.3 is 10.6 Å². The van der Waals surface area contributed by atoms with E-state index in [4.69, 9.17) is 0 Å². The summed E-state index contributed by atoms with van der Waals surface area (Å²) in [4.78, 5) is 25.0. The van der Waals surface area contributed by atoms with E-state index >= 15 is 0 Å². The summed E-state index contributed by atoms with van der Waals surface area (Å²) in [6.45, 7) is 5.63. The Kier molecular flexibility index (Phi) is 6.28. The van der Waals surface area contributed by atoms with Crippen LogP contribution in [0.5, 0.6) is 0 Å². The lowest BCUT2D eigenvalue weighted by molar-refractivity contribution is -0.119. The normalized spacial score (nSPS) is 13.0. The summed E-state index contributed by atoms with van der Waals surface area (Å²) >= 11 is 0. The maximum absolute atomic E-state index is 13.9. The van der Waals surface area contributed by atoms with Crippen LogP contribution in [0, 0.1) is 18.7 Å². The van der Waals surface area contributed by atoms with Gasteiger partial charge in [0.2, 0.25) is 5.91 Å². The Balaban J connectivity index is 2.17. The monoisotopic (exact) mass is 342 g/mol. The van der Waals surface area contributed by atoms with Crippen LogP contribution in [0.25, 0.3) is 0 Å². The highest BCUT2D eigenvalue weighted by Crippen LogP contribution is 2.18. The molecule has 5 heteroatoms. The van der Waals surface area contributed by atoms with E-state index < -0.39 is 17.8 Å². The van der Waals surface area contributed by atoms with Gasteiger partial charge in [-0.3, -0.25) is 9.59 Å². The van der Waals surface area contributed by atoms with Crippen molar-refractivity contribution in [1.29, 1.82) is 0 Å². The van der Waals surface area contributed by atoms with E-state index in [1.165, 1.54) is 6.07 Å². The molecule has 132 valence electrons. The van der Waals surface area contributed by atoms with Crippen molar-refractivity contribution < 1.29 is 14.0 Å². The molecule has 2 atom stereocenters.